The number of hydrogen-bond acceptors (Lipinski definition) is 3. The summed E-state index contributed by atoms with van der Waals surface area (Å²) in [6.07, 6.45) is 12.4. The molecule has 4 nitrogen and oxygen atoms in total. The molecule has 35 heavy (non-hydrogen) atoms. The van der Waals surface area contributed by atoms with E-state index in [-0.39, 0.29) is 23.7 Å². The molecule has 5 fully saturated rings. The van der Waals surface area contributed by atoms with Gasteiger partial charge in [-0.05, 0) is 67.6 Å². The number of allylic oxidation sites excluding steroid dienone is 1. The molecule has 0 spiro atoms. The van der Waals surface area contributed by atoms with Crippen LogP contribution in [0.25, 0.3) is 0 Å². The first kappa shape index (κ1) is 24.1. The fourth-order valence-corrected chi connectivity index (χ4v) is 10.9. The maximum absolute atomic E-state index is 15.6. The van der Waals surface area contributed by atoms with E-state index >= 15 is 4.39 Å². The summed E-state index contributed by atoms with van der Waals surface area (Å²) >= 11 is 0. The smallest absolute Gasteiger partial charge is 0.315 e. The minimum atomic E-state index is -1.32. The number of fused-ring (bicyclic) bond motifs is 2. The average Bonchev–Trinajstić information content (AvgIpc) is 3.52. The Morgan fingerprint density at radius 1 is 1.20 bits per heavy atom. The zero-order valence-electron chi connectivity index (χ0n) is 21.7. The van der Waals surface area contributed by atoms with Crippen molar-refractivity contribution < 1.29 is 23.8 Å². The van der Waals surface area contributed by atoms with Crippen LogP contribution in [-0.4, -0.2) is 29.8 Å². The van der Waals surface area contributed by atoms with Crippen LogP contribution in [-0.2, 0) is 14.3 Å². The Hall–Kier alpha value is -1.23. The third kappa shape index (κ3) is 2.83. The van der Waals surface area contributed by atoms with E-state index in [1.165, 1.54) is 32.1 Å². The molecular weight excluding hydrogens is 443 g/mol. The summed E-state index contributed by atoms with van der Waals surface area (Å²) in [5.74, 6) is 0.433. The SMILES string of the molecule is CC(C)C1=CC2CC3(C=O)[C@@H]4CC[C@@H](C)[C@H]4CC2([C@H]2C[C@@H](CC4CCCCC4)[C@H](F)O2)[C@]13C(=O)O. The van der Waals surface area contributed by atoms with Crippen LogP contribution < -0.4 is 0 Å². The Morgan fingerprint density at radius 3 is 2.60 bits per heavy atom. The number of carboxylic acid groups (broad SMARTS) is 1. The van der Waals surface area contributed by atoms with Crippen LogP contribution in [0.5, 0.6) is 0 Å². The summed E-state index contributed by atoms with van der Waals surface area (Å²) < 4.78 is 21.8. The van der Waals surface area contributed by atoms with Crippen LogP contribution in [0, 0.1) is 57.7 Å². The van der Waals surface area contributed by atoms with Crippen LogP contribution in [0.2, 0.25) is 0 Å². The van der Waals surface area contributed by atoms with Crippen LogP contribution >= 0.6 is 0 Å². The zero-order chi connectivity index (χ0) is 24.8. The number of carbonyl (C=O) groups excluding carboxylic acids is 1. The van der Waals surface area contributed by atoms with Gasteiger partial charge in [0.2, 0.25) is 6.36 Å². The van der Waals surface area contributed by atoms with Crippen molar-refractivity contribution in [3.05, 3.63) is 11.6 Å². The molecule has 3 unspecified atom stereocenters. The molecule has 0 amide bonds. The van der Waals surface area contributed by atoms with Crippen molar-refractivity contribution in [2.75, 3.05) is 0 Å². The second kappa shape index (κ2) is 8.13. The number of hydrogen-bond donors (Lipinski definition) is 1. The lowest BCUT2D eigenvalue weighted by molar-refractivity contribution is -0.202. The molecule has 10 atom stereocenters. The van der Waals surface area contributed by atoms with Crippen LogP contribution in [0.1, 0.15) is 91.4 Å². The van der Waals surface area contributed by atoms with Gasteiger partial charge in [-0.15, -0.1) is 0 Å². The molecule has 5 aliphatic carbocycles. The van der Waals surface area contributed by atoms with Crippen LogP contribution in [0.15, 0.2) is 11.6 Å². The predicted molar refractivity (Wildman–Crippen MR) is 131 cm³/mol. The van der Waals surface area contributed by atoms with Gasteiger partial charge < -0.3 is 14.6 Å². The molecular formula is C30H43FO4. The second-order valence-corrected chi connectivity index (χ2v) is 13.6. The Morgan fingerprint density at radius 2 is 1.94 bits per heavy atom. The van der Waals surface area contributed by atoms with Gasteiger partial charge in [0.25, 0.3) is 0 Å². The average molecular weight is 487 g/mol. The summed E-state index contributed by atoms with van der Waals surface area (Å²) in [5.41, 5.74) is -1.97. The first-order chi connectivity index (χ1) is 16.7. The Kier molecular flexibility index (Phi) is 5.61. The van der Waals surface area contributed by atoms with Gasteiger partial charge in [0.1, 0.15) is 11.7 Å². The molecule has 0 radical (unpaired) electrons. The van der Waals surface area contributed by atoms with Crippen molar-refractivity contribution in [3.63, 3.8) is 0 Å². The maximum Gasteiger partial charge on any atom is 0.315 e. The van der Waals surface area contributed by atoms with Gasteiger partial charge in [0.05, 0.1) is 11.5 Å². The van der Waals surface area contributed by atoms with Gasteiger partial charge in [-0.25, -0.2) is 4.39 Å². The number of rotatable bonds is 6. The lowest BCUT2D eigenvalue weighted by atomic mass is 9.41. The lowest BCUT2D eigenvalue weighted by Gasteiger charge is -2.59. The zero-order valence-corrected chi connectivity index (χ0v) is 21.7. The summed E-state index contributed by atoms with van der Waals surface area (Å²) in [7, 11) is 0. The number of aliphatic carboxylic acids is 1. The van der Waals surface area contributed by atoms with E-state index in [2.05, 4.69) is 26.8 Å². The molecule has 5 heteroatoms. The Bertz CT molecular complexity index is 923. The number of ether oxygens (including phenoxy) is 1. The third-order valence-electron chi connectivity index (χ3n) is 12.1. The molecule has 0 aromatic carbocycles. The molecule has 0 aromatic rings. The van der Waals surface area contributed by atoms with E-state index in [9.17, 15) is 14.7 Å². The molecule has 0 aromatic heterocycles. The summed E-state index contributed by atoms with van der Waals surface area (Å²) in [5, 5.41) is 11.2. The van der Waals surface area contributed by atoms with Crippen molar-refractivity contribution in [1.82, 2.24) is 0 Å². The highest BCUT2D eigenvalue weighted by atomic mass is 19.1. The Balaban J connectivity index is 1.45. The van der Waals surface area contributed by atoms with Crippen molar-refractivity contribution in [2.45, 2.75) is 104 Å². The summed E-state index contributed by atoms with van der Waals surface area (Å²) in [6.45, 7) is 6.40. The number of carboxylic acids is 1. The molecule has 4 saturated carbocycles. The molecule has 4 bridgehead atoms. The van der Waals surface area contributed by atoms with Gasteiger partial charge in [0.15, 0.2) is 0 Å². The lowest BCUT2D eigenvalue weighted by Crippen LogP contribution is -2.65. The van der Waals surface area contributed by atoms with Crippen LogP contribution in [0.4, 0.5) is 4.39 Å². The standard InChI is InChI=1S/C30H43FO4/c1-17(2)24-13-21-14-28(16-32)23-10-9-18(3)22(23)15-29(21,30(24,28)27(33)34)25-12-20(26(31)35-25)11-19-7-5-4-6-8-19/h13,16-23,25-26H,4-12,14-15H2,1-3H3,(H,33,34)/t18-,20-,21?,22-,23-,25-,26-,28?,29?,30+/m1/s1. The normalized spacial score (nSPS) is 51.0. The first-order valence-corrected chi connectivity index (χ1v) is 14.4. The molecule has 1 aliphatic heterocycles. The van der Waals surface area contributed by atoms with Crippen LogP contribution in [0.3, 0.4) is 0 Å². The fraction of sp³-hybridized carbons (Fsp3) is 0.867. The van der Waals surface area contributed by atoms with Gasteiger partial charge in [-0.1, -0.05) is 70.9 Å². The van der Waals surface area contributed by atoms with Crippen molar-refractivity contribution >= 4 is 12.3 Å². The van der Waals surface area contributed by atoms with E-state index in [0.29, 0.717) is 30.6 Å². The number of halogens is 1. The quantitative estimate of drug-likeness (QED) is 0.340. The van der Waals surface area contributed by atoms with Crippen molar-refractivity contribution in [3.8, 4) is 0 Å². The van der Waals surface area contributed by atoms with E-state index in [4.69, 9.17) is 4.74 Å². The number of alkyl halides is 1. The highest BCUT2D eigenvalue weighted by molar-refractivity contribution is 5.90. The minimum Gasteiger partial charge on any atom is -0.481 e. The number of carbonyl (C=O) groups is 2. The fourth-order valence-electron chi connectivity index (χ4n) is 10.9. The molecule has 1 N–H and O–H groups in total. The first-order valence-electron chi connectivity index (χ1n) is 14.4. The third-order valence-corrected chi connectivity index (χ3v) is 12.1. The van der Waals surface area contributed by atoms with E-state index in [0.717, 1.165) is 37.5 Å². The maximum atomic E-state index is 15.6. The summed E-state index contributed by atoms with van der Waals surface area (Å²) in [4.78, 5) is 26.8. The van der Waals surface area contributed by atoms with Crippen molar-refractivity contribution in [1.29, 1.82) is 0 Å². The molecule has 6 rings (SSSR count). The second-order valence-electron chi connectivity index (χ2n) is 13.6. The molecule has 194 valence electrons. The van der Waals surface area contributed by atoms with Crippen molar-refractivity contribution in [2.24, 2.45) is 57.7 Å². The molecule has 1 heterocycles. The van der Waals surface area contributed by atoms with E-state index in [1.807, 2.05) is 0 Å². The highest BCUT2D eigenvalue weighted by Crippen LogP contribution is 2.84. The molecule has 1 saturated heterocycles. The minimum absolute atomic E-state index is 0.0235. The Labute approximate surface area is 209 Å². The van der Waals surface area contributed by atoms with Gasteiger partial charge >= 0.3 is 5.97 Å². The van der Waals surface area contributed by atoms with Gasteiger partial charge in [-0.2, -0.15) is 0 Å². The number of aldehydes is 1. The highest BCUT2D eigenvalue weighted by Gasteiger charge is 2.86. The molecule has 6 aliphatic rings. The monoisotopic (exact) mass is 486 g/mol. The largest absolute Gasteiger partial charge is 0.481 e. The summed E-state index contributed by atoms with van der Waals surface area (Å²) in [6, 6.07) is 0. The van der Waals surface area contributed by atoms with E-state index in [1.54, 1.807) is 0 Å². The van der Waals surface area contributed by atoms with Gasteiger partial charge in [-0.3, -0.25) is 4.79 Å². The van der Waals surface area contributed by atoms with Gasteiger partial charge in [0, 0.05) is 11.3 Å². The predicted octanol–water partition coefficient (Wildman–Crippen LogP) is 6.58. The van der Waals surface area contributed by atoms with E-state index < -0.39 is 34.7 Å². The topological polar surface area (TPSA) is 63.6 Å².